The highest BCUT2D eigenvalue weighted by atomic mass is 16.2. The van der Waals surface area contributed by atoms with Gasteiger partial charge in [0.25, 0.3) is 5.91 Å². The Morgan fingerprint density at radius 3 is 2.71 bits per heavy atom. The Hall–Kier alpha value is -2.21. The zero-order chi connectivity index (χ0) is 16.8. The Morgan fingerprint density at radius 2 is 2.00 bits per heavy atom. The molecule has 1 amide bonds. The molecule has 1 saturated heterocycles. The summed E-state index contributed by atoms with van der Waals surface area (Å²) in [6.07, 6.45) is 5.09. The molecule has 3 rings (SSSR count). The molecule has 0 atom stereocenters. The van der Waals surface area contributed by atoms with Crippen molar-refractivity contribution in [3.8, 4) is 0 Å². The van der Waals surface area contributed by atoms with E-state index in [0.717, 1.165) is 44.0 Å². The molecular formula is C18H25N5O. The molecule has 2 aromatic rings. The van der Waals surface area contributed by atoms with Gasteiger partial charge in [-0.05, 0) is 44.3 Å². The van der Waals surface area contributed by atoms with Crippen LogP contribution in [0.15, 0.2) is 36.5 Å². The fourth-order valence-corrected chi connectivity index (χ4v) is 3.18. The maximum absolute atomic E-state index is 12.6. The number of benzene rings is 1. The third-order valence-electron chi connectivity index (χ3n) is 4.65. The van der Waals surface area contributed by atoms with E-state index in [0.29, 0.717) is 12.2 Å². The van der Waals surface area contributed by atoms with Gasteiger partial charge in [0, 0.05) is 13.1 Å². The standard InChI is InChI=1S/C18H25N5O/c1-19-10-7-15-8-11-22(12-9-15)18(24)17-14-23(21-20-17)13-16-5-3-2-4-6-16/h2-6,14-15,19H,7-13H2,1H3. The van der Waals surface area contributed by atoms with E-state index >= 15 is 0 Å². The molecule has 0 saturated carbocycles. The van der Waals surface area contributed by atoms with Crippen LogP contribution in [0.2, 0.25) is 0 Å². The van der Waals surface area contributed by atoms with Crippen LogP contribution in [0.25, 0.3) is 0 Å². The van der Waals surface area contributed by atoms with E-state index in [2.05, 4.69) is 15.6 Å². The molecule has 1 N–H and O–H groups in total. The van der Waals surface area contributed by atoms with E-state index in [-0.39, 0.29) is 5.91 Å². The topological polar surface area (TPSA) is 63.1 Å². The Balaban J connectivity index is 1.54. The molecule has 0 radical (unpaired) electrons. The third-order valence-corrected chi connectivity index (χ3v) is 4.65. The van der Waals surface area contributed by atoms with Crippen molar-refractivity contribution >= 4 is 5.91 Å². The Bertz CT molecular complexity index is 646. The van der Waals surface area contributed by atoms with Gasteiger partial charge in [-0.15, -0.1) is 5.10 Å². The Morgan fingerprint density at radius 1 is 1.25 bits per heavy atom. The number of amides is 1. The average molecular weight is 327 g/mol. The molecule has 24 heavy (non-hydrogen) atoms. The molecule has 128 valence electrons. The largest absolute Gasteiger partial charge is 0.337 e. The molecule has 1 fully saturated rings. The second kappa shape index (κ2) is 8.06. The van der Waals surface area contributed by atoms with Gasteiger partial charge in [0.1, 0.15) is 0 Å². The first-order valence-corrected chi connectivity index (χ1v) is 8.64. The van der Waals surface area contributed by atoms with Crippen molar-refractivity contribution in [1.82, 2.24) is 25.2 Å². The lowest BCUT2D eigenvalue weighted by Gasteiger charge is -2.31. The van der Waals surface area contributed by atoms with Crippen LogP contribution in [0.1, 0.15) is 35.3 Å². The molecule has 2 heterocycles. The highest BCUT2D eigenvalue weighted by Crippen LogP contribution is 2.21. The number of hydrogen-bond acceptors (Lipinski definition) is 4. The van der Waals surface area contributed by atoms with Gasteiger partial charge in [0.2, 0.25) is 0 Å². The van der Waals surface area contributed by atoms with Crippen molar-refractivity contribution in [3.05, 3.63) is 47.8 Å². The molecule has 6 nitrogen and oxygen atoms in total. The maximum atomic E-state index is 12.6. The van der Waals surface area contributed by atoms with Gasteiger partial charge >= 0.3 is 0 Å². The number of carbonyl (C=O) groups excluding carboxylic acids is 1. The highest BCUT2D eigenvalue weighted by molar-refractivity contribution is 5.91. The van der Waals surface area contributed by atoms with Crippen molar-refractivity contribution in [2.75, 3.05) is 26.7 Å². The number of hydrogen-bond donors (Lipinski definition) is 1. The van der Waals surface area contributed by atoms with Crippen LogP contribution in [0.5, 0.6) is 0 Å². The molecule has 1 aromatic heterocycles. The summed E-state index contributed by atoms with van der Waals surface area (Å²) in [4.78, 5) is 14.5. The zero-order valence-electron chi connectivity index (χ0n) is 14.2. The Kier molecular flexibility index (Phi) is 5.59. The second-order valence-electron chi connectivity index (χ2n) is 6.41. The lowest BCUT2D eigenvalue weighted by Crippen LogP contribution is -2.39. The van der Waals surface area contributed by atoms with E-state index in [9.17, 15) is 4.79 Å². The van der Waals surface area contributed by atoms with Gasteiger partial charge in [0.05, 0.1) is 12.7 Å². The van der Waals surface area contributed by atoms with Gasteiger partial charge in [-0.1, -0.05) is 35.5 Å². The minimum Gasteiger partial charge on any atom is -0.337 e. The fourth-order valence-electron chi connectivity index (χ4n) is 3.18. The number of nitrogens with zero attached hydrogens (tertiary/aromatic N) is 4. The van der Waals surface area contributed by atoms with Crippen molar-refractivity contribution in [2.45, 2.75) is 25.8 Å². The second-order valence-corrected chi connectivity index (χ2v) is 6.41. The monoisotopic (exact) mass is 327 g/mol. The highest BCUT2D eigenvalue weighted by Gasteiger charge is 2.25. The smallest absolute Gasteiger partial charge is 0.276 e. The van der Waals surface area contributed by atoms with Crippen LogP contribution in [0.4, 0.5) is 0 Å². The molecule has 1 aromatic carbocycles. The summed E-state index contributed by atoms with van der Waals surface area (Å²) in [6.45, 7) is 3.32. The van der Waals surface area contributed by atoms with Gasteiger partial charge < -0.3 is 10.2 Å². The van der Waals surface area contributed by atoms with Crippen LogP contribution in [-0.2, 0) is 6.54 Å². The minimum atomic E-state index is 0.00128. The van der Waals surface area contributed by atoms with Gasteiger partial charge in [-0.25, -0.2) is 4.68 Å². The summed E-state index contributed by atoms with van der Waals surface area (Å²) in [7, 11) is 1.98. The van der Waals surface area contributed by atoms with Gasteiger partial charge in [0.15, 0.2) is 5.69 Å². The van der Waals surface area contributed by atoms with E-state index in [1.54, 1.807) is 10.9 Å². The molecule has 0 unspecified atom stereocenters. The number of nitrogens with one attached hydrogen (secondary N) is 1. The molecule has 0 aliphatic carbocycles. The summed E-state index contributed by atoms with van der Waals surface area (Å²) in [5.74, 6) is 0.719. The fraction of sp³-hybridized carbons (Fsp3) is 0.500. The normalized spacial score (nSPS) is 15.6. The summed E-state index contributed by atoms with van der Waals surface area (Å²) in [5, 5.41) is 11.4. The molecule has 1 aliphatic rings. The van der Waals surface area contributed by atoms with Gasteiger partial charge in [-0.2, -0.15) is 0 Å². The predicted octanol–water partition coefficient (Wildman–Crippen LogP) is 1.79. The number of carbonyl (C=O) groups is 1. The zero-order valence-corrected chi connectivity index (χ0v) is 14.2. The van der Waals surface area contributed by atoms with Crippen molar-refractivity contribution in [1.29, 1.82) is 0 Å². The van der Waals surface area contributed by atoms with E-state index in [1.165, 1.54) is 6.42 Å². The molecular weight excluding hydrogens is 302 g/mol. The quantitative estimate of drug-likeness (QED) is 0.878. The number of piperidine rings is 1. The third kappa shape index (κ3) is 4.20. The lowest BCUT2D eigenvalue weighted by atomic mass is 9.93. The summed E-state index contributed by atoms with van der Waals surface area (Å²) in [6, 6.07) is 10.1. The molecule has 0 bridgehead atoms. The van der Waals surface area contributed by atoms with E-state index in [4.69, 9.17) is 0 Å². The summed E-state index contributed by atoms with van der Waals surface area (Å²) in [5.41, 5.74) is 1.59. The number of rotatable bonds is 6. The van der Waals surface area contributed by atoms with Crippen LogP contribution < -0.4 is 5.32 Å². The van der Waals surface area contributed by atoms with Crippen molar-refractivity contribution in [2.24, 2.45) is 5.92 Å². The van der Waals surface area contributed by atoms with E-state index in [1.807, 2.05) is 42.3 Å². The van der Waals surface area contributed by atoms with Crippen LogP contribution in [-0.4, -0.2) is 52.5 Å². The SMILES string of the molecule is CNCCC1CCN(C(=O)c2cn(Cc3ccccc3)nn2)CC1. The first-order chi connectivity index (χ1) is 11.8. The van der Waals surface area contributed by atoms with Crippen LogP contribution >= 0.6 is 0 Å². The first-order valence-electron chi connectivity index (χ1n) is 8.64. The minimum absolute atomic E-state index is 0.00128. The number of likely N-dealkylation sites (tertiary alicyclic amines) is 1. The first kappa shape index (κ1) is 16.6. The number of aromatic nitrogens is 3. The molecule has 6 heteroatoms. The van der Waals surface area contributed by atoms with Crippen molar-refractivity contribution < 1.29 is 4.79 Å². The van der Waals surface area contributed by atoms with Gasteiger partial charge in [-0.3, -0.25) is 4.79 Å². The average Bonchev–Trinajstić information content (AvgIpc) is 3.09. The Labute approximate surface area is 142 Å². The van der Waals surface area contributed by atoms with Crippen molar-refractivity contribution in [3.63, 3.8) is 0 Å². The van der Waals surface area contributed by atoms with E-state index < -0.39 is 0 Å². The maximum Gasteiger partial charge on any atom is 0.276 e. The molecule has 1 aliphatic heterocycles. The molecule has 0 spiro atoms. The predicted molar refractivity (Wildman–Crippen MR) is 92.7 cm³/mol. The van der Waals surface area contributed by atoms with Crippen LogP contribution in [0, 0.1) is 5.92 Å². The summed E-state index contributed by atoms with van der Waals surface area (Å²) >= 11 is 0. The summed E-state index contributed by atoms with van der Waals surface area (Å²) < 4.78 is 1.72. The lowest BCUT2D eigenvalue weighted by molar-refractivity contribution is 0.0681. The van der Waals surface area contributed by atoms with Crippen LogP contribution in [0.3, 0.4) is 0 Å².